The Morgan fingerprint density at radius 1 is 0.513 bits per heavy atom. The van der Waals surface area contributed by atoms with E-state index in [9.17, 15) is 0 Å². The molecule has 1 unspecified atom stereocenters. The van der Waals surface area contributed by atoms with Gasteiger partial charge in [0.2, 0.25) is 0 Å². The zero-order valence-electron chi connectivity index (χ0n) is 23.5. The number of allylic oxidation sites excluding steroid dienone is 4. The van der Waals surface area contributed by atoms with E-state index in [1.807, 2.05) is 0 Å². The van der Waals surface area contributed by atoms with Crippen LogP contribution in [0, 0.1) is 0 Å². The fourth-order valence-electron chi connectivity index (χ4n) is 6.15. The summed E-state index contributed by atoms with van der Waals surface area (Å²) in [5.74, 6) is 0. The molecule has 0 bridgehead atoms. The lowest BCUT2D eigenvalue weighted by molar-refractivity contribution is 0.552. The van der Waals surface area contributed by atoms with Gasteiger partial charge in [-0.2, -0.15) is 0 Å². The lowest BCUT2D eigenvalue weighted by Crippen LogP contribution is -2.52. The molecule has 0 spiro atoms. The molecular formula is C36H37ClP2. The molecule has 0 saturated heterocycles. The lowest BCUT2D eigenvalue weighted by Gasteiger charge is -2.55. The van der Waals surface area contributed by atoms with E-state index >= 15 is 0 Å². The molecule has 0 heterocycles. The molecule has 198 valence electrons. The molecule has 4 aromatic rings. The first kappa shape index (κ1) is 28.1. The van der Waals surface area contributed by atoms with Gasteiger partial charge in [0.05, 0.1) is 0 Å². The average molecular weight is 567 g/mol. The Bertz CT molecular complexity index is 1400. The van der Waals surface area contributed by atoms with Gasteiger partial charge in [0.1, 0.15) is 0 Å². The Morgan fingerprint density at radius 3 is 1.15 bits per heavy atom. The van der Waals surface area contributed by atoms with Gasteiger partial charge in [-0.1, -0.05) is 154 Å². The fourth-order valence-corrected chi connectivity index (χ4v) is 13.5. The monoisotopic (exact) mass is 566 g/mol. The summed E-state index contributed by atoms with van der Waals surface area (Å²) >= 11 is 6.97. The summed E-state index contributed by atoms with van der Waals surface area (Å²) in [7, 11) is -1.54. The van der Waals surface area contributed by atoms with Gasteiger partial charge in [0.15, 0.2) is 0 Å². The van der Waals surface area contributed by atoms with Crippen molar-refractivity contribution in [2.75, 3.05) is 0 Å². The van der Waals surface area contributed by atoms with Crippen LogP contribution in [0.1, 0.15) is 41.0 Å². The molecule has 0 aromatic heterocycles. The van der Waals surface area contributed by atoms with Crippen molar-refractivity contribution in [1.82, 2.24) is 0 Å². The minimum absolute atomic E-state index is 0.124. The van der Waals surface area contributed by atoms with Crippen molar-refractivity contribution in [2.24, 2.45) is 0 Å². The number of benzene rings is 4. The first-order valence-corrected chi connectivity index (χ1v) is 16.7. The molecule has 0 saturated carbocycles. The topological polar surface area (TPSA) is 0 Å². The summed E-state index contributed by atoms with van der Waals surface area (Å²) in [4.78, 5) is 0. The molecule has 5 rings (SSSR count). The van der Waals surface area contributed by atoms with E-state index in [2.05, 4.69) is 156 Å². The van der Waals surface area contributed by atoms with Gasteiger partial charge in [0.25, 0.3) is 0 Å². The minimum atomic E-state index is -0.800. The highest BCUT2D eigenvalue weighted by Gasteiger charge is 2.55. The van der Waals surface area contributed by atoms with E-state index in [4.69, 9.17) is 11.6 Å². The predicted octanol–water partition coefficient (Wildman–Crippen LogP) is 9.02. The molecule has 0 nitrogen and oxygen atoms in total. The van der Waals surface area contributed by atoms with Crippen molar-refractivity contribution >= 4 is 48.7 Å². The van der Waals surface area contributed by atoms with Crippen LogP contribution in [0.4, 0.5) is 0 Å². The summed E-state index contributed by atoms with van der Waals surface area (Å²) in [5.41, 5.74) is 4.10. The Hall–Kier alpha value is -2.49. The van der Waals surface area contributed by atoms with Crippen LogP contribution >= 0.6 is 27.4 Å². The van der Waals surface area contributed by atoms with E-state index in [1.54, 1.807) is 0 Å². The van der Waals surface area contributed by atoms with Crippen LogP contribution in [0.3, 0.4) is 0 Å². The Kier molecular flexibility index (Phi) is 8.31. The summed E-state index contributed by atoms with van der Waals surface area (Å²) in [6.07, 6.45) is 0.824. The van der Waals surface area contributed by atoms with Gasteiger partial charge in [0, 0.05) is 21.8 Å². The van der Waals surface area contributed by atoms with Crippen LogP contribution in [0.15, 0.2) is 143 Å². The number of rotatable bonds is 8. The highest BCUT2D eigenvalue weighted by Crippen LogP contribution is 2.69. The Balaban J connectivity index is 1.85. The van der Waals surface area contributed by atoms with Gasteiger partial charge in [-0.15, -0.1) is 0 Å². The van der Waals surface area contributed by atoms with Crippen molar-refractivity contribution in [3.05, 3.63) is 143 Å². The van der Waals surface area contributed by atoms with Crippen LogP contribution in [-0.2, 0) is 0 Å². The summed E-state index contributed by atoms with van der Waals surface area (Å²) < 4.78 is 0. The Morgan fingerprint density at radius 2 is 0.846 bits per heavy atom. The molecule has 3 heteroatoms. The summed E-state index contributed by atoms with van der Waals surface area (Å²) in [6, 6.07) is 44.8. The Labute approximate surface area is 242 Å². The second-order valence-corrected chi connectivity index (χ2v) is 16.8. The average Bonchev–Trinajstić information content (AvgIpc) is 3.23. The van der Waals surface area contributed by atoms with E-state index in [-0.39, 0.29) is 10.3 Å². The largest absolute Gasteiger partial charge is 0.0885 e. The van der Waals surface area contributed by atoms with Crippen LogP contribution < -0.4 is 21.2 Å². The molecule has 0 radical (unpaired) electrons. The molecule has 0 fully saturated rings. The maximum atomic E-state index is 6.97. The van der Waals surface area contributed by atoms with Crippen molar-refractivity contribution in [3.63, 3.8) is 0 Å². The van der Waals surface area contributed by atoms with Crippen molar-refractivity contribution < 1.29 is 0 Å². The second kappa shape index (κ2) is 11.6. The lowest BCUT2D eigenvalue weighted by atomic mass is 9.85. The van der Waals surface area contributed by atoms with E-state index in [0.717, 1.165) is 11.5 Å². The smallest absolute Gasteiger partial charge is 0.0271 e. The first-order chi connectivity index (χ1) is 18.8. The third kappa shape index (κ3) is 5.09. The molecule has 0 N–H and O–H groups in total. The third-order valence-corrected chi connectivity index (χ3v) is 15.7. The minimum Gasteiger partial charge on any atom is -0.0885 e. The maximum Gasteiger partial charge on any atom is 0.0271 e. The maximum absolute atomic E-state index is 6.97. The van der Waals surface area contributed by atoms with Crippen LogP contribution in [0.5, 0.6) is 0 Å². The van der Waals surface area contributed by atoms with E-state index in [1.165, 1.54) is 37.9 Å². The van der Waals surface area contributed by atoms with Crippen LogP contribution in [-0.4, -0.2) is 10.3 Å². The second-order valence-electron chi connectivity index (χ2n) is 11.0. The summed E-state index contributed by atoms with van der Waals surface area (Å²) in [5, 5.41) is 6.32. The number of hydrogen-bond donors (Lipinski definition) is 0. The quantitative estimate of drug-likeness (QED) is 0.187. The predicted molar refractivity (Wildman–Crippen MR) is 176 cm³/mol. The molecule has 0 aliphatic heterocycles. The third-order valence-electron chi connectivity index (χ3n) is 8.60. The highest BCUT2D eigenvalue weighted by molar-refractivity contribution is 7.78. The van der Waals surface area contributed by atoms with E-state index < -0.39 is 15.8 Å². The zero-order chi connectivity index (χ0) is 27.6. The highest BCUT2D eigenvalue weighted by atomic mass is 35.5. The van der Waals surface area contributed by atoms with Gasteiger partial charge in [-0.3, -0.25) is 0 Å². The fraction of sp³-hybridized carbons (Fsp3) is 0.222. The van der Waals surface area contributed by atoms with Crippen molar-refractivity contribution in [1.29, 1.82) is 0 Å². The van der Waals surface area contributed by atoms with Gasteiger partial charge < -0.3 is 0 Å². The van der Waals surface area contributed by atoms with Crippen molar-refractivity contribution in [3.8, 4) is 0 Å². The van der Waals surface area contributed by atoms with Crippen LogP contribution in [0.2, 0.25) is 0 Å². The normalized spacial score (nSPS) is 15.8. The molecule has 0 amide bonds. The van der Waals surface area contributed by atoms with Gasteiger partial charge >= 0.3 is 0 Å². The molecule has 1 aliphatic rings. The molecule has 1 aliphatic carbocycles. The summed E-state index contributed by atoms with van der Waals surface area (Å²) in [6.45, 7) is 12.1. The standard InChI is InChI=1S/C36H37ClP2/c1-27-28(2)34(37)26-33(27)36(5,39(31-22-14-8-15-23-31)32-24-16-9-17-25-32)35(3,4)38(29-18-10-6-11-19-29)30-20-12-7-13-21-30/h6-25H,26H2,1-5H3. The molecule has 1 atom stereocenters. The van der Waals surface area contributed by atoms with Crippen LogP contribution in [0.25, 0.3) is 0 Å². The number of halogens is 1. The first-order valence-electron chi connectivity index (χ1n) is 13.6. The number of hydrogen-bond acceptors (Lipinski definition) is 0. The molecule has 39 heavy (non-hydrogen) atoms. The van der Waals surface area contributed by atoms with E-state index in [0.29, 0.717) is 0 Å². The molecule has 4 aromatic carbocycles. The van der Waals surface area contributed by atoms with Crippen molar-refractivity contribution in [2.45, 2.75) is 51.4 Å². The molecular weight excluding hydrogens is 530 g/mol. The van der Waals surface area contributed by atoms with Gasteiger partial charge in [-0.25, -0.2) is 0 Å². The van der Waals surface area contributed by atoms with Gasteiger partial charge in [-0.05, 0) is 67.6 Å². The SMILES string of the molecule is CC1=C(Cl)CC(C(C)(P(c2ccccc2)c2ccccc2)C(C)(C)P(c2ccccc2)c2ccccc2)=C1C. The zero-order valence-corrected chi connectivity index (χ0v) is 26.1.